The van der Waals surface area contributed by atoms with Crippen molar-refractivity contribution in [3.05, 3.63) is 47.3 Å². The van der Waals surface area contributed by atoms with Gasteiger partial charge in [0, 0.05) is 13.1 Å². The summed E-state index contributed by atoms with van der Waals surface area (Å²) in [6, 6.07) is 7.76. The number of rotatable bonds is 6. The molecule has 0 saturated carbocycles. The Morgan fingerprint density at radius 2 is 2.05 bits per heavy atom. The molecule has 2 aromatic rings. The number of carbonyl (C=O) groups excluding carboxylic acids is 1. The molecule has 0 aliphatic rings. The molecule has 1 aromatic carbocycles. The molecule has 0 aliphatic heterocycles. The fraction of sp³-hybridized carbons (Fsp3) is 0.333. The lowest BCUT2D eigenvalue weighted by Gasteiger charge is -2.15. The molecule has 7 heteroatoms. The third-order valence-electron chi connectivity index (χ3n) is 3.01. The molecule has 1 heterocycles. The van der Waals surface area contributed by atoms with Crippen molar-refractivity contribution in [2.24, 2.45) is 0 Å². The van der Waals surface area contributed by atoms with Crippen LogP contribution in [0.4, 0.5) is 8.78 Å². The summed E-state index contributed by atoms with van der Waals surface area (Å²) in [4.78, 5) is 13.6. The molecule has 22 heavy (non-hydrogen) atoms. The van der Waals surface area contributed by atoms with Crippen LogP contribution in [0.2, 0.25) is 0 Å². The van der Waals surface area contributed by atoms with Crippen molar-refractivity contribution >= 4 is 5.91 Å². The van der Waals surface area contributed by atoms with Crippen molar-refractivity contribution in [3.63, 3.8) is 0 Å². The molecule has 0 spiro atoms. The molecule has 1 aromatic heterocycles. The number of nitrogens with zero attached hydrogens (tertiary/aromatic N) is 2. The van der Waals surface area contributed by atoms with E-state index in [0.29, 0.717) is 18.0 Å². The van der Waals surface area contributed by atoms with Crippen molar-refractivity contribution < 1.29 is 22.8 Å². The Kier molecular flexibility index (Phi) is 5.08. The summed E-state index contributed by atoms with van der Waals surface area (Å²) >= 11 is 0. The standard InChI is InChI=1S/C15H16F2N2O3/c1-10-7-12(18-22-10)9-19(2)14(20)8-11-3-5-13(6-4-11)21-15(16)17/h3-7,15H,8-9H2,1-2H3. The van der Waals surface area contributed by atoms with Gasteiger partial charge in [-0.3, -0.25) is 4.79 Å². The number of hydrogen-bond donors (Lipinski definition) is 0. The van der Waals surface area contributed by atoms with Gasteiger partial charge in [-0.2, -0.15) is 8.78 Å². The number of benzene rings is 1. The van der Waals surface area contributed by atoms with Crippen molar-refractivity contribution in [2.45, 2.75) is 26.5 Å². The first-order valence-corrected chi connectivity index (χ1v) is 6.64. The number of ether oxygens (including phenoxy) is 1. The number of aromatic nitrogens is 1. The molecule has 0 radical (unpaired) electrons. The molecule has 0 fully saturated rings. The lowest BCUT2D eigenvalue weighted by molar-refractivity contribution is -0.129. The molecule has 2 rings (SSSR count). The first-order valence-electron chi connectivity index (χ1n) is 6.64. The van der Waals surface area contributed by atoms with Gasteiger partial charge in [0.15, 0.2) is 0 Å². The second-order valence-corrected chi connectivity index (χ2v) is 4.88. The Morgan fingerprint density at radius 3 is 2.59 bits per heavy atom. The molecule has 0 N–H and O–H groups in total. The fourth-order valence-electron chi connectivity index (χ4n) is 1.92. The maximum absolute atomic E-state index is 12.1. The second-order valence-electron chi connectivity index (χ2n) is 4.88. The van der Waals surface area contributed by atoms with Gasteiger partial charge in [0.1, 0.15) is 17.2 Å². The fourth-order valence-corrected chi connectivity index (χ4v) is 1.92. The van der Waals surface area contributed by atoms with Crippen LogP contribution in [-0.2, 0) is 17.8 Å². The molecule has 0 bridgehead atoms. The van der Waals surface area contributed by atoms with Crippen LogP contribution >= 0.6 is 0 Å². The highest BCUT2D eigenvalue weighted by Crippen LogP contribution is 2.16. The summed E-state index contributed by atoms with van der Waals surface area (Å²) in [7, 11) is 1.67. The van der Waals surface area contributed by atoms with Crippen LogP contribution in [0, 0.1) is 6.92 Å². The highest BCUT2D eigenvalue weighted by molar-refractivity contribution is 5.78. The average molecular weight is 310 g/mol. The number of carbonyl (C=O) groups is 1. The summed E-state index contributed by atoms with van der Waals surface area (Å²) in [5, 5.41) is 3.83. The molecule has 0 saturated heterocycles. The van der Waals surface area contributed by atoms with Crippen LogP contribution in [-0.4, -0.2) is 29.6 Å². The zero-order valence-electron chi connectivity index (χ0n) is 12.3. The molecule has 0 unspecified atom stereocenters. The van der Waals surface area contributed by atoms with Crippen LogP contribution in [0.1, 0.15) is 17.0 Å². The van der Waals surface area contributed by atoms with Gasteiger partial charge in [0.05, 0.1) is 13.0 Å². The highest BCUT2D eigenvalue weighted by Gasteiger charge is 2.12. The van der Waals surface area contributed by atoms with E-state index in [-0.39, 0.29) is 18.1 Å². The largest absolute Gasteiger partial charge is 0.435 e. The quantitative estimate of drug-likeness (QED) is 0.823. The van der Waals surface area contributed by atoms with E-state index in [0.717, 1.165) is 5.56 Å². The van der Waals surface area contributed by atoms with Crippen molar-refractivity contribution in [1.29, 1.82) is 0 Å². The van der Waals surface area contributed by atoms with Gasteiger partial charge < -0.3 is 14.2 Å². The Balaban J connectivity index is 1.90. The van der Waals surface area contributed by atoms with Crippen molar-refractivity contribution in [3.8, 4) is 5.75 Å². The van der Waals surface area contributed by atoms with Crippen LogP contribution in [0.25, 0.3) is 0 Å². The maximum Gasteiger partial charge on any atom is 0.387 e. The molecule has 5 nitrogen and oxygen atoms in total. The van der Waals surface area contributed by atoms with Gasteiger partial charge in [0.2, 0.25) is 5.91 Å². The predicted molar refractivity (Wildman–Crippen MR) is 74.5 cm³/mol. The third-order valence-corrected chi connectivity index (χ3v) is 3.01. The molecule has 0 aliphatic carbocycles. The number of amides is 1. The van der Waals surface area contributed by atoms with Crippen LogP contribution in [0.5, 0.6) is 5.75 Å². The lowest BCUT2D eigenvalue weighted by Crippen LogP contribution is -2.27. The monoisotopic (exact) mass is 310 g/mol. The topological polar surface area (TPSA) is 55.6 Å². The number of likely N-dealkylation sites (N-methyl/N-ethyl adjacent to an activating group) is 1. The first-order chi connectivity index (χ1) is 10.4. The molecule has 0 atom stereocenters. The van der Waals surface area contributed by atoms with E-state index in [4.69, 9.17) is 4.52 Å². The summed E-state index contributed by atoms with van der Waals surface area (Å²) in [5.74, 6) is 0.645. The van der Waals surface area contributed by atoms with Crippen LogP contribution in [0.15, 0.2) is 34.9 Å². The maximum atomic E-state index is 12.1. The number of aryl methyl sites for hydroxylation is 1. The summed E-state index contributed by atoms with van der Waals surface area (Å²) in [6.45, 7) is -0.728. The van der Waals surface area contributed by atoms with Gasteiger partial charge >= 0.3 is 6.61 Å². The number of hydrogen-bond acceptors (Lipinski definition) is 4. The summed E-state index contributed by atoms with van der Waals surface area (Å²) in [5.41, 5.74) is 1.39. The molecular formula is C15H16F2N2O3. The van der Waals surface area contributed by atoms with E-state index in [9.17, 15) is 13.6 Å². The van der Waals surface area contributed by atoms with E-state index < -0.39 is 6.61 Å². The average Bonchev–Trinajstić information content (AvgIpc) is 2.85. The third kappa shape index (κ3) is 4.54. The number of halogens is 2. The van der Waals surface area contributed by atoms with Gasteiger partial charge in [0.25, 0.3) is 0 Å². The molecule has 1 amide bonds. The van der Waals surface area contributed by atoms with Gasteiger partial charge in [-0.1, -0.05) is 17.3 Å². The van der Waals surface area contributed by atoms with E-state index in [1.165, 1.54) is 17.0 Å². The van der Waals surface area contributed by atoms with Crippen LogP contribution in [0.3, 0.4) is 0 Å². The minimum absolute atomic E-state index is 0.0672. The van der Waals surface area contributed by atoms with Gasteiger partial charge in [-0.05, 0) is 24.6 Å². The normalized spacial score (nSPS) is 10.8. The smallest absolute Gasteiger partial charge is 0.387 e. The Hall–Kier alpha value is -2.44. The number of alkyl halides is 2. The SMILES string of the molecule is Cc1cc(CN(C)C(=O)Cc2ccc(OC(F)F)cc2)no1. The van der Waals surface area contributed by atoms with Gasteiger partial charge in [-0.25, -0.2) is 0 Å². The predicted octanol–water partition coefficient (Wildman–Crippen LogP) is 2.79. The second kappa shape index (κ2) is 7.02. The first kappa shape index (κ1) is 15.9. The van der Waals surface area contributed by atoms with E-state index in [1.807, 2.05) is 0 Å². The zero-order chi connectivity index (χ0) is 16.1. The van der Waals surface area contributed by atoms with Crippen molar-refractivity contribution in [2.75, 3.05) is 7.05 Å². The van der Waals surface area contributed by atoms with Crippen LogP contribution < -0.4 is 4.74 Å². The van der Waals surface area contributed by atoms with Gasteiger partial charge in [-0.15, -0.1) is 0 Å². The minimum Gasteiger partial charge on any atom is -0.435 e. The molecule has 118 valence electrons. The lowest BCUT2D eigenvalue weighted by atomic mass is 10.1. The summed E-state index contributed by atoms with van der Waals surface area (Å²) in [6.07, 6.45) is 0.169. The van der Waals surface area contributed by atoms with E-state index in [2.05, 4.69) is 9.89 Å². The minimum atomic E-state index is -2.86. The van der Waals surface area contributed by atoms with Crippen molar-refractivity contribution in [1.82, 2.24) is 10.1 Å². The summed E-state index contributed by atoms with van der Waals surface area (Å²) < 4.78 is 33.3. The Bertz CT molecular complexity index is 626. The van der Waals surface area contributed by atoms with E-state index >= 15 is 0 Å². The Morgan fingerprint density at radius 1 is 1.36 bits per heavy atom. The van der Waals surface area contributed by atoms with E-state index in [1.54, 1.807) is 32.2 Å². The zero-order valence-corrected chi connectivity index (χ0v) is 12.3. The molecular weight excluding hydrogens is 294 g/mol. The Labute approximate surface area is 126 Å². The highest BCUT2D eigenvalue weighted by atomic mass is 19.3.